The fourth-order valence-corrected chi connectivity index (χ4v) is 6.09. The molecular weight excluding hydrogens is 424 g/mol. The van der Waals surface area contributed by atoms with Crippen LogP contribution in [0.4, 0.5) is 0 Å². The number of nitroso groups, excluding NO2 is 1. The van der Waals surface area contributed by atoms with Crippen LogP contribution in [-0.4, -0.2) is 44.3 Å². The summed E-state index contributed by atoms with van der Waals surface area (Å²) in [7, 11) is 0. The second-order valence-corrected chi connectivity index (χ2v) is 9.75. The zero-order valence-electron chi connectivity index (χ0n) is 17.9. The van der Waals surface area contributed by atoms with Crippen LogP contribution in [0.15, 0.2) is 47.1 Å². The van der Waals surface area contributed by atoms with E-state index in [4.69, 9.17) is 9.15 Å². The van der Waals surface area contributed by atoms with Crippen molar-refractivity contribution in [2.45, 2.75) is 57.3 Å². The van der Waals surface area contributed by atoms with E-state index in [1.54, 1.807) is 12.4 Å². The lowest BCUT2D eigenvalue weighted by atomic mass is 9.97. The predicted molar refractivity (Wildman–Crippen MR) is 123 cm³/mol. The van der Waals surface area contributed by atoms with Crippen LogP contribution < -0.4 is 4.74 Å². The first-order valence-corrected chi connectivity index (χ1v) is 12.1. The molecule has 0 aliphatic carbocycles. The molecule has 2 fully saturated rings. The normalized spacial score (nSPS) is 23.2. The molecule has 0 saturated carbocycles. The topological polar surface area (TPSA) is 71.5 Å². The smallest absolute Gasteiger partial charge is 0.279 e. The molecule has 8 heteroatoms. The minimum atomic E-state index is 0.169. The van der Waals surface area contributed by atoms with Gasteiger partial charge in [-0.05, 0) is 44.0 Å². The first-order valence-electron chi connectivity index (χ1n) is 11.3. The molecule has 32 heavy (non-hydrogen) atoms. The third-order valence-electron chi connectivity index (χ3n) is 6.83. The van der Waals surface area contributed by atoms with Gasteiger partial charge in [0.05, 0.1) is 17.4 Å². The number of aromatic nitrogens is 2. The summed E-state index contributed by atoms with van der Waals surface area (Å²) in [5.74, 6) is 1.68. The van der Waals surface area contributed by atoms with E-state index >= 15 is 0 Å². The molecule has 2 unspecified atom stereocenters. The van der Waals surface area contributed by atoms with Gasteiger partial charge in [0.2, 0.25) is 6.04 Å². The summed E-state index contributed by atoms with van der Waals surface area (Å²) < 4.78 is 14.5. The fourth-order valence-electron chi connectivity index (χ4n) is 5.29. The Hall–Kier alpha value is -2.84. The molecule has 2 aliphatic heterocycles. The summed E-state index contributed by atoms with van der Waals surface area (Å²) in [4.78, 5) is 23.3. The molecule has 0 N–H and O–H groups in total. The number of hydrogen-bond donors (Lipinski definition) is 0. The summed E-state index contributed by atoms with van der Waals surface area (Å²) in [5.41, 5.74) is 1.66. The lowest BCUT2D eigenvalue weighted by Gasteiger charge is -2.35. The third kappa shape index (κ3) is 3.57. The Kier molecular flexibility index (Phi) is 4.91. The second kappa shape index (κ2) is 7.94. The largest absolute Gasteiger partial charge is 0.460 e. The van der Waals surface area contributed by atoms with Gasteiger partial charge in [-0.2, -0.15) is 0 Å². The van der Waals surface area contributed by atoms with Crippen molar-refractivity contribution in [1.82, 2.24) is 14.9 Å². The van der Waals surface area contributed by atoms with Gasteiger partial charge in [0.1, 0.15) is 22.6 Å². The summed E-state index contributed by atoms with van der Waals surface area (Å²) in [6.45, 7) is 3.32. The van der Waals surface area contributed by atoms with Gasteiger partial charge in [-0.25, -0.2) is 4.98 Å². The monoisotopic (exact) mass is 449 g/mol. The Morgan fingerprint density at radius 3 is 2.84 bits per heavy atom. The van der Waals surface area contributed by atoms with Crippen molar-refractivity contribution in [2.24, 2.45) is 0 Å². The van der Waals surface area contributed by atoms with E-state index < -0.39 is 0 Å². The molecule has 0 amide bonds. The minimum absolute atomic E-state index is 0.169. The van der Waals surface area contributed by atoms with Crippen molar-refractivity contribution >= 4 is 32.5 Å². The second-order valence-electron chi connectivity index (χ2n) is 8.75. The zero-order chi connectivity index (χ0) is 21.7. The lowest BCUT2D eigenvalue weighted by molar-refractivity contribution is -0.588. The van der Waals surface area contributed by atoms with E-state index in [1.165, 1.54) is 28.9 Å². The predicted octanol–water partition coefficient (Wildman–Crippen LogP) is 5.52. The van der Waals surface area contributed by atoms with Gasteiger partial charge >= 0.3 is 0 Å². The number of pyridine rings is 1. The lowest BCUT2D eigenvalue weighted by Crippen LogP contribution is -2.47. The number of piperidine rings is 1. The van der Waals surface area contributed by atoms with Gasteiger partial charge in [0, 0.05) is 52.2 Å². The summed E-state index contributed by atoms with van der Waals surface area (Å²) in [5, 5.41) is 1.66. The van der Waals surface area contributed by atoms with Gasteiger partial charge < -0.3 is 9.15 Å². The molecule has 2 atom stereocenters. The minimum Gasteiger partial charge on any atom is -0.460 e. The van der Waals surface area contributed by atoms with Crippen LogP contribution in [-0.2, 0) is 6.54 Å². The highest BCUT2D eigenvalue weighted by Gasteiger charge is 2.45. The highest BCUT2D eigenvalue weighted by molar-refractivity contribution is 7.20. The number of thiazole rings is 1. The molecule has 0 radical (unpaired) electrons. The Bertz CT molecular complexity index is 1250. The molecule has 7 nitrogen and oxygen atoms in total. The van der Waals surface area contributed by atoms with E-state index in [0.717, 1.165) is 46.3 Å². The number of fused-ring (bicyclic) bond motifs is 4. The zero-order valence-corrected chi connectivity index (χ0v) is 18.8. The van der Waals surface area contributed by atoms with Crippen LogP contribution in [0.3, 0.4) is 0 Å². The maximum Gasteiger partial charge on any atom is 0.279 e. The van der Waals surface area contributed by atoms with Crippen LogP contribution >= 0.6 is 11.3 Å². The molecule has 2 aliphatic rings. The van der Waals surface area contributed by atoms with Crippen LogP contribution in [0.2, 0.25) is 0 Å². The van der Waals surface area contributed by atoms with E-state index in [2.05, 4.69) is 20.9 Å². The maximum absolute atomic E-state index is 12.1. The first-order chi connectivity index (χ1) is 15.7. The molecule has 1 aromatic carbocycles. The summed E-state index contributed by atoms with van der Waals surface area (Å²) >= 11 is 1.50. The van der Waals surface area contributed by atoms with E-state index in [0.29, 0.717) is 29.6 Å². The maximum atomic E-state index is 12.1. The van der Waals surface area contributed by atoms with Crippen LogP contribution in [0.1, 0.15) is 38.4 Å². The third-order valence-corrected chi connectivity index (χ3v) is 7.75. The van der Waals surface area contributed by atoms with Crippen LogP contribution in [0, 0.1) is 4.91 Å². The Morgan fingerprint density at radius 2 is 2.06 bits per heavy atom. The number of furan rings is 1. The number of hydrogen-bond acceptors (Lipinski definition) is 7. The molecule has 4 aromatic rings. The van der Waals surface area contributed by atoms with Crippen molar-refractivity contribution in [1.29, 1.82) is 0 Å². The summed E-state index contributed by atoms with van der Waals surface area (Å²) in [6, 6.07) is 11.1. The number of nitrogens with zero attached hydrogens (tertiary/aromatic N) is 4. The Labute approximate surface area is 189 Å². The number of rotatable bonds is 6. The number of ether oxygens (including phenoxy) is 1. The SMILES string of the molecule is CC[N+](=O)C1CC2CCC(C1)N2Cc1cc2ccc(Oc3nc4cnccc4s3)cc2o1. The molecule has 164 valence electrons. The molecular formula is C24H25N4O3S+. The van der Waals surface area contributed by atoms with E-state index in [1.807, 2.05) is 31.2 Å². The van der Waals surface area contributed by atoms with Crippen molar-refractivity contribution in [3.05, 3.63) is 53.4 Å². The van der Waals surface area contributed by atoms with E-state index in [9.17, 15) is 4.91 Å². The molecule has 0 spiro atoms. The van der Waals surface area contributed by atoms with Gasteiger partial charge in [-0.1, -0.05) is 11.3 Å². The average molecular weight is 450 g/mol. The van der Waals surface area contributed by atoms with Crippen LogP contribution in [0.5, 0.6) is 10.9 Å². The van der Waals surface area contributed by atoms with Crippen molar-refractivity contribution in [3.63, 3.8) is 0 Å². The van der Waals surface area contributed by atoms with E-state index in [-0.39, 0.29) is 6.04 Å². The average Bonchev–Trinajstić information content (AvgIpc) is 3.45. The molecule has 3 aromatic heterocycles. The van der Waals surface area contributed by atoms with Gasteiger partial charge in [0.25, 0.3) is 5.19 Å². The highest BCUT2D eigenvalue weighted by Crippen LogP contribution is 2.39. The Morgan fingerprint density at radius 1 is 1.22 bits per heavy atom. The van der Waals surface area contributed by atoms with Crippen LogP contribution in [0.25, 0.3) is 21.2 Å². The van der Waals surface area contributed by atoms with Crippen molar-refractivity contribution < 1.29 is 13.9 Å². The van der Waals surface area contributed by atoms with Crippen molar-refractivity contribution in [3.8, 4) is 10.9 Å². The molecule has 5 heterocycles. The van der Waals surface area contributed by atoms with Gasteiger partial charge in [-0.3, -0.25) is 9.88 Å². The van der Waals surface area contributed by atoms with Crippen molar-refractivity contribution in [2.75, 3.05) is 6.54 Å². The molecule has 2 bridgehead atoms. The standard InChI is InChI=1S/C24H25N4O3S/c1-2-28(29)18-10-16-4-5-17(11-18)27(16)14-20-9-15-3-6-19(12-22(15)30-20)31-24-26-21-13-25-8-7-23(21)32-24/h3,6-9,12-13,16-18H,2,4-5,10-11,14H2,1H3/q+1. The number of benzene rings is 1. The molecule has 6 rings (SSSR count). The Balaban J connectivity index is 1.18. The quantitative estimate of drug-likeness (QED) is 0.361. The summed E-state index contributed by atoms with van der Waals surface area (Å²) in [6.07, 6.45) is 7.78. The van der Waals surface area contributed by atoms with Gasteiger partial charge in [0.15, 0.2) is 6.54 Å². The first kappa shape index (κ1) is 19.8. The molecule has 2 saturated heterocycles. The highest BCUT2D eigenvalue weighted by atomic mass is 32.1. The van der Waals surface area contributed by atoms with Gasteiger partial charge in [-0.15, -0.1) is 0 Å². The fraction of sp³-hybridized carbons (Fsp3) is 0.417.